The Kier molecular flexibility index (Phi) is 6.26. The van der Waals surface area contributed by atoms with Crippen LogP contribution in [0.5, 0.6) is 5.75 Å². The molecule has 0 unspecified atom stereocenters. The minimum Gasteiger partial charge on any atom is -0.484 e. The van der Waals surface area contributed by atoms with Crippen LogP contribution in [-0.4, -0.2) is 34.2 Å². The summed E-state index contributed by atoms with van der Waals surface area (Å²) in [6.45, 7) is -0.0999. The van der Waals surface area contributed by atoms with E-state index in [-0.39, 0.29) is 12.5 Å². The van der Waals surface area contributed by atoms with Crippen molar-refractivity contribution in [3.8, 4) is 17.1 Å². The first-order valence-corrected chi connectivity index (χ1v) is 11.2. The number of nitrogens with zero attached hydrogens (tertiary/aromatic N) is 1. The molecule has 3 aromatic rings. The van der Waals surface area contributed by atoms with Crippen molar-refractivity contribution in [1.29, 1.82) is 0 Å². The highest BCUT2D eigenvalue weighted by atomic mass is 32.2. The number of hydrogen-bond donors (Lipinski definition) is 2. The smallest absolute Gasteiger partial charge is 0.439 e. The van der Waals surface area contributed by atoms with Crippen LogP contribution in [0.4, 0.5) is 5.69 Å². The number of benzene rings is 2. The van der Waals surface area contributed by atoms with Gasteiger partial charge in [0.05, 0.1) is 4.58 Å². The average Bonchev–Trinajstić information content (AvgIpc) is 3.20. The van der Waals surface area contributed by atoms with Crippen LogP contribution in [0.15, 0.2) is 57.8 Å². The fraction of sp³-hybridized carbons (Fsp3) is 0.250. The first-order chi connectivity index (χ1) is 14.2. The summed E-state index contributed by atoms with van der Waals surface area (Å²) in [5, 5.41) is 6.41. The maximum atomic E-state index is 12.2. The summed E-state index contributed by atoms with van der Waals surface area (Å²) in [5.74, 6) is 2.45. The summed E-state index contributed by atoms with van der Waals surface area (Å²) in [5.41, 5.74) is 2.48. The number of rotatable bonds is 6. The third kappa shape index (κ3) is 5.24. The molecular weight excluding hydrogens is 410 g/mol. The van der Waals surface area contributed by atoms with Crippen LogP contribution in [0.25, 0.3) is 11.4 Å². The molecule has 1 amide bonds. The molecule has 1 aromatic heterocycles. The van der Waals surface area contributed by atoms with Gasteiger partial charge in [-0.3, -0.25) is 14.3 Å². The lowest BCUT2D eigenvalue weighted by Crippen LogP contribution is -2.20. The molecule has 1 aliphatic rings. The van der Waals surface area contributed by atoms with Gasteiger partial charge in [-0.25, -0.2) is 4.79 Å². The molecule has 0 radical (unpaired) electrons. The fourth-order valence-corrected chi connectivity index (χ4v) is 5.74. The minimum absolute atomic E-state index is 0.0999. The highest BCUT2D eigenvalue weighted by Crippen LogP contribution is 2.43. The number of aromatic nitrogens is 2. The topological polar surface area (TPSA) is 97.2 Å². The van der Waals surface area contributed by atoms with Crippen LogP contribution in [0.1, 0.15) is 16.6 Å². The monoisotopic (exact) mass is 429 g/mol. The number of thioether (sulfide) groups is 2. The zero-order chi connectivity index (χ0) is 20.1. The number of nitrogens with one attached hydrogen (secondary N) is 2. The van der Waals surface area contributed by atoms with E-state index in [2.05, 4.69) is 32.1 Å². The number of hydrogen-bond acceptors (Lipinski definition) is 7. The van der Waals surface area contributed by atoms with Crippen LogP contribution in [0.2, 0.25) is 0 Å². The number of anilines is 1. The van der Waals surface area contributed by atoms with Crippen LogP contribution in [0.3, 0.4) is 0 Å². The summed E-state index contributed by atoms with van der Waals surface area (Å²) < 4.78 is 10.6. The van der Waals surface area contributed by atoms with Crippen LogP contribution in [0, 0.1) is 0 Å². The van der Waals surface area contributed by atoms with Gasteiger partial charge in [0.25, 0.3) is 5.91 Å². The van der Waals surface area contributed by atoms with Gasteiger partial charge in [-0.2, -0.15) is 0 Å². The fourth-order valence-electron chi connectivity index (χ4n) is 2.85. The Morgan fingerprint density at radius 2 is 2.00 bits per heavy atom. The average molecular weight is 430 g/mol. The second kappa shape index (κ2) is 9.23. The SMILES string of the molecule is O=C(COc1ccc(C2SCCCS2)cc1)Nc1cccc(-c2noc(=O)[nH]2)c1. The Morgan fingerprint density at radius 3 is 2.72 bits per heavy atom. The maximum Gasteiger partial charge on any atom is 0.439 e. The summed E-state index contributed by atoms with van der Waals surface area (Å²) in [6.07, 6.45) is 1.27. The molecule has 4 rings (SSSR count). The molecule has 1 aliphatic heterocycles. The third-order valence-electron chi connectivity index (χ3n) is 4.21. The van der Waals surface area contributed by atoms with E-state index in [0.717, 1.165) is 0 Å². The zero-order valence-corrected chi connectivity index (χ0v) is 17.1. The van der Waals surface area contributed by atoms with Gasteiger partial charge in [-0.1, -0.05) is 29.4 Å². The molecule has 0 bridgehead atoms. The Hall–Kier alpha value is -2.65. The number of aromatic amines is 1. The van der Waals surface area contributed by atoms with Gasteiger partial charge in [-0.15, -0.1) is 23.5 Å². The highest BCUT2D eigenvalue weighted by molar-refractivity contribution is 8.16. The summed E-state index contributed by atoms with van der Waals surface area (Å²) >= 11 is 3.94. The first-order valence-electron chi connectivity index (χ1n) is 9.10. The van der Waals surface area contributed by atoms with Crippen molar-refractivity contribution in [2.75, 3.05) is 23.4 Å². The predicted molar refractivity (Wildman–Crippen MR) is 115 cm³/mol. The Morgan fingerprint density at radius 1 is 1.21 bits per heavy atom. The lowest BCUT2D eigenvalue weighted by Gasteiger charge is -2.21. The van der Waals surface area contributed by atoms with Gasteiger partial charge in [0.1, 0.15) is 5.75 Å². The van der Waals surface area contributed by atoms with Crippen molar-refractivity contribution in [3.05, 3.63) is 64.6 Å². The van der Waals surface area contributed by atoms with Crippen molar-refractivity contribution >= 4 is 35.1 Å². The molecule has 0 aliphatic carbocycles. The largest absolute Gasteiger partial charge is 0.484 e. The quantitative estimate of drug-likeness (QED) is 0.613. The molecule has 1 fully saturated rings. The molecule has 29 heavy (non-hydrogen) atoms. The minimum atomic E-state index is -0.630. The maximum absolute atomic E-state index is 12.2. The van der Waals surface area contributed by atoms with Crippen LogP contribution in [-0.2, 0) is 4.79 Å². The molecule has 2 heterocycles. The predicted octanol–water partition coefficient (Wildman–Crippen LogP) is 3.92. The van der Waals surface area contributed by atoms with Crippen molar-refractivity contribution in [3.63, 3.8) is 0 Å². The highest BCUT2D eigenvalue weighted by Gasteiger charge is 2.16. The molecule has 0 atom stereocenters. The Labute approximate surface area is 175 Å². The number of H-pyrrole nitrogens is 1. The molecule has 7 nitrogen and oxygen atoms in total. The third-order valence-corrected chi connectivity index (χ3v) is 7.22. The zero-order valence-electron chi connectivity index (χ0n) is 15.4. The van der Waals surface area contributed by atoms with Gasteiger partial charge in [0.15, 0.2) is 12.4 Å². The van der Waals surface area contributed by atoms with Crippen molar-refractivity contribution < 1.29 is 14.1 Å². The van der Waals surface area contributed by atoms with Gasteiger partial charge in [0.2, 0.25) is 0 Å². The Bertz CT molecular complexity index is 1030. The molecule has 2 aromatic carbocycles. The normalized spacial score (nSPS) is 14.5. The first kappa shape index (κ1) is 19.7. The van der Waals surface area contributed by atoms with Gasteiger partial charge in [-0.05, 0) is 47.8 Å². The second-order valence-corrected chi connectivity index (χ2v) is 9.08. The molecule has 2 N–H and O–H groups in total. The molecule has 150 valence electrons. The van der Waals surface area contributed by atoms with Gasteiger partial charge in [0, 0.05) is 11.3 Å². The van der Waals surface area contributed by atoms with E-state index in [0.29, 0.717) is 27.4 Å². The van der Waals surface area contributed by atoms with E-state index < -0.39 is 5.76 Å². The van der Waals surface area contributed by atoms with Crippen molar-refractivity contribution in [2.24, 2.45) is 0 Å². The summed E-state index contributed by atoms with van der Waals surface area (Å²) in [6, 6.07) is 14.9. The lowest BCUT2D eigenvalue weighted by atomic mass is 10.2. The standard InChI is InChI=1S/C20H19N3O4S2/c24-17(21-15-4-1-3-14(11-15)18-22-20(25)27-23-18)12-26-16-7-5-13(6-8-16)19-28-9-2-10-29-19/h1,3-8,11,19H,2,9-10,12H2,(H,21,24)(H,22,23,25). The second-order valence-electron chi connectivity index (χ2n) is 6.36. The number of ether oxygens (including phenoxy) is 1. The molecule has 0 saturated carbocycles. The molecule has 0 spiro atoms. The van der Waals surface area contributed by atoms with E-state index >= 15 is 0 Å². The van der Waals surface area contributed by atoms with Crippen LogP contribution < -0.4 is 15.8 Å². The number of carbonyl (C=O) groups excluding carboxylic acids is 1. The Balaban J connectivity index is 1.31. The van der Waals surface area contributed by atoms with Gasteiger partial charge < -0.3 is 10.1 Å². The van der Waals surface area contributed by atoms with Crippen LogP contribution >= 0.6 is 23.5 Å². The van der Waals surface area contributed by atoms with E-state index in [1.165, 1.54) is 23.5 Å². The van der Waals surface area contributed by atoms with E-state index in [4.69, 9.17) is 4.74 Å². The van der Waals surface area contributed by atoms with E-state index in [9.17, 15) is 9.59 Å². The van der Waals surface area contributed by atoms with Gasteiger partial charge >= 0.3 is 5.76 Å². The van der Waals surface area contributed by atoms with E-state index in [1.807, 2.05) is 35.7 Å². The summed E-state index contributed by atoms with van der Waals surface area (Å²) in [4.78, 5) is 25.8. The lowest BCUT2D eigenvalue weighted by molar-refractivity contribution is -0.118. The van der Waals surface area contributed by atoms with Crippen molar-refractivity contribution in [2.45, 2.75) is 11.0 Å². The summed E-state index contributed by atoms with van der Waals surface area (Å²) in [7, 11) is 0. The molecule has 1 saturated heterocycles. The molecular formula is C20H19N3O4S2. The number of amides is 1. The number of carbonyl (C=O) groups is 1. The van der Waals surface area contributed by atoms with E-state index in [1.54, 1.807) is 24.3 Å². The van der Waals surface area contributed by atoms with Crippen molar-refractivity contribution in [1.82, 2.24) is 10.1 Å². The molecule has 9 heteroatoms.